The highest BCUT2D eigenvalue weighted by atomic mass is 16.5. The summed E-state index contributed by atoms with van der Waals surface area (Å²) >= 11 is 0. The van der Waals surface area contributed by atoms with Gasteiger partial charge in [-0.05, 0) is 43.5 Å². The number of ether oxygens (including phenoxy) is 1. The van der Waals surface area contributed by atoms with Crippen molar-refractivity contribution in [3.05, 3.63) is 52.1 Å². The zero-order valence-electron chi connectivity index (χ0n) is 11.4. The summed E-state index contributed by atoms with van der Waals surface area (Å²) in [6.45, 7) is 1.68. The predicted octanol–water partition coefficient (Wildman–Crippen LogP) is 2.38. The highest BCUT2D eigenvalue weighted by Gasteiger charge is 2.25. The molecule has 0 radical (unpaired) electrons. The number of aromatic nitrogens is 2. The van der Waals surface area contributed by atoms with E-state index in [0.29, 0.717) is 11.3 Å². The molecule has 0 spiro atoms. The summed E-state index contributed by atoms with van der Waals surface area (Å²) in [6, 6.07) is 4.81. The number of benzene rings is 1. The molecule has 6 heteroatoms. The minimum absolute atomic E-state index is 0.00637. The third-order valence-corrected chi connectivity index (χ3v) is 3.42. The molecule has 6 nitrogen and oxygen atoms in total. The molecule has 0 atom stereocenters. The zero-order valence-corrected chi connectivity index (χ0v) is 11.4. The Bertz CT molecular complexity index is 763. The lowest BCUT2D eigenvalue weighted by Gasteiger charge is -2.08. The molecule has 1 N–H and O–H groups in total. The minimum atomic E-state index is -0.993. The number of hydrogen-bond donors (Lipinski definition) is 1. The molecule has 3 rings (SSSR count). The van der Waals surface area contributed by atoms with E-state index < -0.39 is 5.97 Å². The van der Waals surface area contributed by atoms with Crippen LogP contribution in [0.2, 0.25) is 0 Å². The summed E-state index contributed by atoms with van der Waals surface area (Å²) in [7, 11) is 0. The number of aryl methyl sites for hydroxylation is 1. The van der Waals surface area contributed by atoms with Gasteiger partial charge in [-0.1, -0.05) is 0 Å². The number of carboxylic acid groups (broad SMARTS) is 1. The molecule has 0 amide bonds. The predicted molar refractivity (Wildman–Crippen MR) is 75.0 cm³/mol. The van der Waals surface area contributed by atoms with Gasteiger partial charge in [-0.15, -0.1) is 0 Å². The van der Waals surface area contributed by atoms with E-state index >= 15 is 0 Å². The van der Waals surface area contributed by atoms with Crippen LogP contribution in [0.15, 0.2) is 35.4 Å². The number of aromatic carboxylic acids is 1. The Kier molecular flexibility index (Phi) is 3.21. The Hall–Kier alpha value is -2.63. The van der Waals surface area contributed by atoms with Crippen molar-refractivity contribution in [3.63, 3.8) is 0 Å². The van der Waals surface area contributed by atoms with E-state index in [9.17, 15) is 9.59 Å². The molecule has 21 heavy (non-hydrogen) atoms. The third-order valence-electron chi connectivity index (χ3n) is 3.42. The van der Waals surface area contributed by atoms with Crippen LogP contribution in [0.25, 0.3) is 0 Å². The van der Waals surface area contributed by atoms with Crippen LogP contribution in [0, 0.1) is 6.92 Å². The van der Waals surface area contributed by atoms with Gasteiger partial charge < -0.3 is 14.4 Å². The van der Waals surface area contributed by atoms with E-state index in [-0.39, 0.29) is 23.0 Å². The van der Waals surface area contributed by atoms with E-state index in [4.69, 9.17) is 9.84 Å². The van der Waals surface area contributed by atoms with Crippen molar-refractivity contribution in [1.29, 1.82) is 0 Å². The fourth-order valence-electron chi connectivity index (χ4n) is 2.17. The Morgan fingerprint density at radius 2 is 2.19 bits per heavy atom. The van der Waals surface area contributed by atoms with Gasteiger partial charge in [-0.2, -0.15) is 0 Å². The van der Waals surface area contributed by atoms with Crippen molar-refractivity contribution in [2.75, 3.05) is 0 Å². The van der Waals surface area contributed by atoms with Crippen LogP contribution in [0.5, 0.6) is 11.6 Å². The quantitative estimate of drug-likeness (QED) is 0.933. The smallest absolute Gasteiger partial charge is 0.335 e. The summed E-state index contributed by atoms with van der Waals surface area (Å²) in [5, 5.41) is 8.99. The Morgan fingerprint density at radius 3 is 2.81 bits per heavy atom. The molecule has 1 aliphatic rings. The molecule has 1 aromatic carbocycles. The van der Waals surface area contributed by atoms with Gasteiger partial charge >= 0.3 is 11.5 Å². The van der Waals surface area contributed by atoms with Crippen molar-refractivity contribution in [2.45, 2.75) is 25.8 Å². The van der Waals surface area contributed by atoms with Gasteiger partial charge in [0.15, 0.2) is 0 Å². The van der Waals surface area contributed by atoms with Crippen LogP contribution in [0.4, 0.5) is 0 Å². The first-order valence-corrected chi connectivity index (χ1v) is 6.65. The molecule has 1 aliphatic carbocycles. The molecule has 108 valence electrons. The van der Waals surface area contributed by atoms with Gasteiger partial charge in [0.2, 0.25) is 0 Å². The number of hydrogen-bond acceptors (Lipinski definition) is 4. The Balaban J connectivity index is 1.90. The summed E-state index contributed by atoms with van der Waals surface area (Å²) in [5.74, 6) is -0.588. The van der Waals surface area contributed by atoms with Crippen molar-refractivity contribution in [3.8, 4) is 11.6 Å². The van der Waals surface area contributed by atoms with Crippen molar-refractivity contribution < 1.29 is 14.6 Å². The van der Waals surface area contributed by atoms with E-state index in [1.807, 2.05) is 0 Å². The summed E-state index contributed by atoms with van der Waals surface area (Å²) < 4.78 is 7.13. The monoisotopic (exact) mass is 286 g/mol. The van der Waals surface area contributed by atoms with Gasteiger partial charge in [0.05, 0.1) is 5.56 Å². The van der Waals surface area contributed by atoms with Crippen molar-refractivity contribution in [1.82, 2.24) is 9.55 Å². The van der Waals surface area contributed by atoms with Gasteiger partial charge in [-0.25, -0.2) is 9.78 Å². The maximum absolute atomic E-state index is 12.2. The van der Waals surface area contributed by atoms with Crippen LogP contribution in [-0.2, 0) is 0 Å². The second-order valence-corrected chi connectivity index (χ2v) is 5.06. The molecule has 1 fully saturated rings. The molecule has 0 bridgehead atoms. The largest absolute Gasteiger partial charge is 0.478 e. The molecule has 0 saturated heterocycles. The highest BCUT2D eigenvalue weighted by molar-refractivity contribution is 5.89. The molecular weight excluding hydrogens is 272 g/mol. The van der Waals surface area contributed by atoms with Crippen molar-refractivity contribution in [2.24, 2.45) is 0 Å². The van der Waals surface area contributed by atoms with Crippen LogP contribution in [-0.4, -0.2) is 20.6 Å². The topological polar surface area (TPSA) is 81.4 Å². The second kappa shape index (κ2) is 5.05. The molecular formula is C15H14N2O4. The molecule has 2 aromatic rings. The summed E-state index contributed by atoms with van der Waals surface area (Å²) in [4.78, 5) is 27.1. The summed E-state index contributed by atoms with van der Waals surface area (Å²) in [6.07, 6.45) is 5.19. The van der Waals surface area contributed by atoms with Crippen LogP contribution < -0.4 is 10.3 Å². The third kappa shape index (κ3) is 2.65. The van der Waals surface area contributed by atoms with Crippen LogP contribution >= 0.6 is 0 Å². The lowest BCUT2D eigenvalue weighted by molar-refractivity contribution is 0.0696. The Morgan fingerprint density at radius 1 is 1.43 bits per heavy atom. The average molecular weight is 286 g/mol. The number of carboxylic acids is 1. The molecule has 1 aromatic heterocycles. The number of rotatable bonds is 4. The molecule has 1 saturated carbocycles. The summed E-state index contributed by atoms with van der Waals surface area (Å²) in [5.41, 5.74) is 0.511. The number of nitrogens with zero attached hydrogens (tertiary/aromatic N) is 2. The first kappa shape index (κ1) is 13.4. The fraction of sp³-hybridized carbons (Fsp3) is 0.267. The fourth-order valence-corrected chi connectivity index (χ4v) is 2.17. The lowest BCUT2D eigenvalue weighted by atomic mass is 10.1. The lowest BCUT2D eigenvalue weighted by Crippen LogP contribution is -2.20. The van der Waals surface area contributed by atoms with Crippen LogP contribution in [0.1, 0.15) is 34.8 Å². The molecule has 1 heterocycles. The Labute approximate surface area is 120 Å². The van der Waals surface area contributed by atoms with Gasteiger partial charge in [0.1, 0.15) is 5.75 Å². The van der Waals surface area contributed by atoms with Crippen LogP contribution in [0.3, 0.4) is 0 Å². The molecule has 0 unspecified atom stereocenters. The maximum Gasteiger partial charge on any atom is 0.335 e. The van der Waals surface area contributed by atoms with E-state index in [2.05, 4.69) is 4.98 Å². The number of carbonyl (C=O) groups is 1. The van der Waals surface area contributed by atoms with E-state index in [1.165, 1.54) is 18.3 Å². The van der Waals surface area contributed by atoms with Gasteiger partial charge in [0, 0.05) is 18.4 Å². The van der Waals surface area contributed by atoms with Gasteiger partial charge in [0.25, 0.3) is 5.88 Å². The second-order valence-electron chi connectivity index (χ2n) is 5.06. The zero-order chi connectivity index (χ0) is 15.0. The molecule has 0 aliphatic heterocycles. The first-order chi connectivity index (χ1) is 10.1. The van der Waals surface area contributed by atoms with E-state index in [0.717, 1.165) is 12.8 Å². The van der Waals surface area contributed by atoms with Crippen molar-refractivity contribution >= 4 is 5.97 Å². The van der Waals surface area contributed by atoms with Gasteiger partial charge in [-0.3, -0.25) is 4.79 Å². The normalized spacial score (nSPS) is 14.0. The first-order valence-electron chi connectivity index (χ1n) is 6.65. The highest BCUT2D eigenvalue weighted by Crippen LogP contribution is 2.33. The minimum Gasteiger partial charge on any atom is -0.478 e. The average Bonchev–Trinajstić information content (AvgIpc) is 3.25. The SMILES string of the molecule is Cc1cc(Oc2nccn(C3CC3)c2=O)ccc1C(=O)O. The standard InChI is InChI=1S/C15H14N2O4/c1-9-8-11(4-5-12(9)15(19)20)21-13-14(18)17(7-6-16-13)10-2-3-10/h4-8,10H,2-3H2,1H3,(H,19,20). The van der Waals surface area contributed by atoms with E-state index in [1.54, 1.807) is 23.8 Å². The maximum atomic E-state index is 12.2.